The number of hydrogen-bond donors (Lipinski definition) is 2. The standard InChI is InChI=1S/C25H28F3NO4/c26-25(27,28)21-10-8-19(9-11-21)20-16-22(33-23(17-20)32-15-5-4-14-30)24(31)29-13-12-18-6-2-1-3-7-18/h1-3,6-11,16,20,23,30H,4-5,12-15,17H2,(H,29,31)/t20-,23+/m1/s1. The van der Waals surface area contributed by atoms with Gasteiger partial charge in [-0.2, -0.15) is 13.2 Å². The van der Waals surface area contributed by atoms with Gasteiger partial charge in [0.1, 0.15) is 0 Å². The molecule has 178 valence electrons. The highest BCUT2D eigenvalue weighted by Gasteiger charge is 2.32. The normalized spacial score (nSPS) is 18.4. The largest absolute Gasteiger partial charge is 0.459 e. The molecule has 0 unspecified atom stereocenters. The number of alkyl halides is 3. The third kappa shape index (κ3) is 7.61. The van der Waals surface area contributed by atoms with E-state index in [9.17, 15) is 18.0 Å². The Morgan fingerprint density at radius 3 is 2.48 bits per heavy atom. The van der Waals surface area contributed by atoms with Gasteiger partial charge in [-0.3, -0.25) is 4.79 Å². The number of aliphatic hydroxyl groups excluding tert-OH is 1. The van der Waals surface area contributed by atoms with Crippen LogP contribution in [0.2, 0.25) is 0 Å². The maximum absolute atomic E-state index is 12.9. The maximum atomic E-state index is 12.9. The SMILES string of the molecule is O=C(NCCc1ccccc1)C1=C[C@@H](c2ccc(C(F)(F)F)cc2)C[C@@H](OCCCCO)O1. The molecule has 0 bridgehead atoms. The number of carbonyl (C=O) groups is 1. The van der Waals surface area contributed by atoms with Gasteiger partial charge in [-0.05, 0) is 48.6 Å². The van der Waals surface area contributed by atoms with Gasteiger partial charge in [0.05, 0.1) is 12.2 Å². The van der Waals surface area contributed by atoms with Crippen LogP contribution in [0.1, 0.15) is 41.9 Å². The van der Waals surface area contributed by atoms with E-state index >= 15 is 0 Å². The van der Waals surface area contributed by atoms with Crippen molar-refractivity contribution in [1.29, 1.82) is 0 Å². The Labute approximate surface area is 191 Å². The van der Waals surface area contributed by atoms with Gasteiger partial charge in [0.15, 0.2) is 5.76 Å². The molecule has 1 heterocycles. The third-order valence-electron chi connectivity index (χ3n) is 5.35. The van der Waals surface area contributed by atoms with Crippen LogP contribution in [-0.2, 0) is 26.9 Å². The predicted molar refractivity (Wildman–Crippen MR) is 117 cm³/mol. The smallest absolute Gasteiger partial charge is 0.416 e. The van der Waals surface area contributed by atoms with E-state index < -0.39 is 23.9 Å². The van der Waals surface area contributed by atoms with Crippen molar-refractivity contribution in [3.05, 3.63) is 83.1 Å². The minimum Gasteiger partial charge on any atom is -0.459 e. The summed E-state index contributed by atoms with van der Waals surface area (Å²) in [5.74, 6) is -0.642. The summed E-state index contributed by atoms with van der Waals surface area (Å²) in [7, 11) is 0. The van der Waals surface area contributed by atoms with Crippen molar-refractivity contribution in [1.82, 2.24) is 5.32 Å². The number of hydrogen-bond acceptors (Lipinski definition) is 4. The van der Waals surface area contributed by atoms with Crippen LogP contribution in [0.3, 0.4) is 0 Å². The highest BCUT2D eigenvalue weighted by Crippen LogP contribution is 2.34. The number of ether oxygens (including phenoxy) is 2. The van der Waals surface area contributed by atoms with E-state index in [2.05, 4.69) is 5.32 Å². The number of allylic oxidation sites excluding steroid dienone is 1. The molecule has 8 heteroatoms. The van der Waals surface area contributed by atoms with Crippen LogP contribution in [-0.4, -0.2) is 37.1 Å². The van der Waals surface area contributed by atoms with E-state index in [1.807, 2.05) is 30.3 Å². The number of nitrogens with one attached hydrogen (secondary N) is 1. The molecule has 2 aromatic carbocycles. The van der Waals surface area contributed by atoms with Crippen molar-refractivity contribution >= 4 is 5.91 Å². The summed E-state index contributed by atoms with van der Waals surface area (Å²) < 4.78 is 50.2. The molecule has 1 aliphatic rings. The van der Waals surface area contributed by atoms with Crippen LogP contribution >= 0.6 is 0 Å². The molecule has 0 aliphatic carbocycles. The third-order valence-corrected chi connectivity index (χ3v) is 5.35. The highest BCUT2D eigenvalue weighted by atomic mass is 19.4. The predicted octanol–water partition coefficient (Wildman–Crippen LogP) is 4.57. The lowest BCUT2D eigenvalue weighted by Crippen LogP contribution is -2.34. The van der Waals surface area contributed by atoms with Gasteiger partial charge in [0.2, 0.25) is 6.29 Å². The van der Waals surface area contributed by atoms with Crippen LogP contribution in [0.15, 0.2) is 66.4 Å². The second-order valence-corrected chi connectivity index (χ2v) is 7.83. The quantitative estimate of drug-likeness (QED) is 0.507. The first kappa shape index (κ1) is 24.8. The van der Waals surface area contributed by atoms with Crippen molar-refractivity contribution in [2.24, 2.45) is 0 Å². The van der Waals surface area contributed by atoms with Crippen molar-refractivity contribution < 1.29 is 32.5 Å². The van der Waals surface area contributed by atoms with Gasteiger partial charge >= 0.3 is 6.18 Å². The molecular weight excluding hydrogens is 435 g/mol. The molecule has 0 aromatic heterocycles. The number of aliphatic hydroxyl groups is 1. The van der Waals surface area contributed by atoms with Crippen LogP contribution in [0.4, 0.5) is 13.2 Å². The Morgan fingerprint density at radius 1 is 1.09 bits per heavy atom. The van der Waals surface area contributed by atoms with E-state index in [4.69, 9.17) is 14.6 Å². The van der Waals surface area contributed by atoms with Gasteiger partial charge in [0, 0.05) is 25.5 Å². The Bertz CT molecular complexity index is 913. The monoisotopic (exact) mass is 463 g/mol. The van der Waals surface area contributed by atoms with E-state index in [0.717, 1.165) is 17.7 Å². The maximum Gasteiger partial charge on any atom is 0.416 e. The number of rotatable bonds is 10. The molecule has 0 fully saturated rings. The number of amides is 1. The summed E-state index contributed by atoms with van der Waals surface area (Å²) in [5.41, 5.74) is 1.01. The fraction of sp³-hybridized carbons (Fsp3) is 0.400. The van der Waals surface area contributed by atoms with E-state index in [1.54, 1.807) is 6.08 Å². The first-order valence-corrected chi connectivity index (χ1v) is 11.0. The molecule has 2 N–H and O–H groups in total. The molecule has 1 amide bonds. The summed E-state index contributed by atoms with van der Waals surface area (Å²) >= 11 is 0. The van der Waals surface area contributed by atoms with Gasteiger partial charge in [-0.15, -0.1) is 0 Å². The number of benzene rings is 2. The second kappa shape index (κ2) is 11.9. The van der Waals surface area contributed by atoms with Crippen LogP contribution in [0, 0.1) is 0 Å². The molecule has 0 saturated carbocycles. The summed E-state index contributed by atoms with van der Waals surface area (Å²) in [5, 5.41) is 11.8. The number of carbonyl (C=O) groups excluding carboxylic acids is 1. The molecule has 1 aliphatic heterocycles. The summed E-state index contributed by atoms with van der Waals surface area (Å²) in [6.45, 7) is 0.808. The summed E-state index contributed by atoms with van der Waals surface area (Å²) in [6, 6.07) is 14.6. The van der Waals surface area contributed by atoms with Crippen molar-refractivity contribution in [2.75, 3.05) is 19.8 Å². The topological polar surface area (TPSA) is 67.8 Å². The molecule has 0 radical (unpaired) electrons. The van der Waals surface area contributed by atoms with E-state index in [0.29, 0.717) is 44.4 Å². The minimum atomic E-state index is -4.41. The zero-order chi connectivity index (χ0) is 23.7. The summed E-state index contributed by atoms with van der Waals surface area (Å²) in [4.78, 5) is 12.7. The lowest BCUT2D eigenvalue weighted by atomic mass is 9.92. The van der Waals surface area contributed by atoms with Crippen LogP contribution < -0.4 is 5.32 Å². The molecular formula is C25H28F3NO4. The van der Waals surface area contributed by atoms with E-state index in [-0.39, 0.29) is 18.3 Å². The minimum absolute atomic E-state index is 0.0536. The molecule has 3 rings (SSSR count). The van der Waals surface area contributed by atoms with Crippen LogP contribution in [0.25, 0.3) is 0 Å². The van der Waals surface area contributed by atoms with Crippen LogP contribution in [0.5, 0.6) is 0 Å². The van der Waals surface area contributed by atoms with Gasteiger partial charge in [-0.25, -0.2) is 0 Å². The van der Waals surface area contributed by atoms with Crippen molar-refractivity contribution in [3.8, 4) is 0 Å². The molecule has 5 nitrogen and oxygen atoms in total. The first-order valence-electron chi connectivity index (χ1n) is 11.0. The van der Waals surface area contributed by atoms with Gasteiger partial charge in [0.25, 0.3) is 5.91 Å². The Kier molecular flexibility index (Phi) is 8.91. The average Bonchev–Trinajstić information content (AvgIpc) is 2.82. The fourth-order valence-corrected chi connectivity index (χ4v) is 3.55. The lowest BCUT2D eigenvalue weighted by Gasteiger charge is -2.29. The molecule has 2 aromatic rings. The van der Waals surface area contributed by atoms with Crippen molar-refractivity contribution in [3.63, 3.8) is 0 Å². The Morgan fingerprint density at radius 2 is 1.82 bits per heavy atom. The second-order valence-electron chi connectivity index (χ2n) is 7.83. The zero-order valence-electron chi connectivity index (χ0n) is 18.2. The molecule has 0 spiro atoms. The Hall–Kier alpha value is -2.84. The molecule has 33 heavy (non-hydrogen) atoms. The zero-order valence-corrected chi connectivity index (χ0v) is 18.2. The Balaban J connectivity index is 1.68. The highest BCUT2D eigenvalue weighted by molar-refractivity contribution is 5.91. The summed E-state index contributed by atoms with van der Waals surface area (Å²) in [6.07, 6.45) is -1.26. The van der Waals surface area contributed by atoms with Crippen molar-refractivity contribution in [2.45, 2.75) is 44.1 Å². The first-order chi connectivity index (χ1) is 15.9. The lowest BCUT2D eigenvalue weighted by molar-refractivity contribution is -0.146. The molecule has 2 atom stereocenters. The fourth-order valence-electron chi connectivity index (χ4n) is 3.55. The van der Waals surface area contributed by atoms with Gasteiger partial charge < -0.3 is 19.9 Å². The molecule has 0 saturated heterocycles. The number of unbranched alkanes of at least 4 members (excludes halogenated alkanes) is 1. The average molecular weight is 463 g/mol. The number of halogens is 3. The van der Waals surface area contributed by atoms with Gasteiger partial charge in [-0.1, -0.05) is 42.5 Å². The van der Waals surface area contributed by atoms with E-state index in [1.165, 1.54) is 12.1 Å².